The molecule has 210 valence electrons. The summed E-state index contributed by atoms with van der Waals surface area (Å²) in [6.07, 6.45) is 2.45. The van der Waals surface area contributed by atoms with Crippen molar-refractivity contribution >= 4 is 18.1 Å². The standard InChI is InChI=1S/C19H22N4O3.C9H13NO.C2H6/c1-12-9-20-18(22-19(2,3)11-25)21-16(12)13-4-5-14-10-23(6-7-24)17(26)15(14)8-13;1-10-7-8-4-3-5-9(6-8)11-2;1-2/h4-5,7-9,25H,6,10-11H2,1-3H3,(H,20,21,22);3-6,10H,7H2,1-2H3;1-2H3. The largest absolute Gasteiger partial charge is 0.497 e. The minimum atomic E-state index is -0.546. The zero-order chi connectivity index (χ0) is 29.0. The zero-order valence-corrected chi connectivity index (χ0v) is 24.0. The average molecular weight is 536 g/mol. The number of benzene rings is 2. The van der Waals surface area contributed by atoms with E-state index in [1.54, 1.807) is 13.3 Å². The molecule has 0 radical (unpaired) electrons. The van der Waals surface area contributed by atoms with Gasteiger partial charge in [-0.25, -0.2) is 9.97 Å². The van der Waals surface area contributed by atoms with Crippen molar-refractivity contribution in [3.8, 4) is 17.0 Å². The molecule has 0 aliphatic carbocycles. The van der Waals surface area contributed by atoms with Crippen molar-refractivity contribution in [3.05, 3.63) is 70.9 Å². The smallest absolute Gasteiger partial charge is 0.254 e. The van der Waals surface area contributed by atoms with Gasteiger partial charge in [0.15, 0.2) is 0 Å². The van der Waals surface area contributed by atoms with E-state index < -0.39 is 5.54 Å². The lowest BCUT2D eigenvalue weighted by molar-refractivity contribution is -0.108. The van der Waals surface area contributed by atoms with Gasteiger partial charge in [0.25, 0.3) is 5.91 Å². The molecule has 4 rings (SSSR count). The first-order valence-corrected chi connectivity index (χ1v) is 13.1. The summed E-state index contributed by atoms with van der Waals surface area (Å²) in [5, 5.41) is 15.6. The van der Waals surface area contributed by atoms with Crippen molar-refractivity contribution in [2.45, 2.75) is 53.2 Å². The number of fused-ring (bicyclic) bond motifs is 1. The number of aldehydes is 1. The molecule has 9 heteroatoms. The number of aryl methyl sites for hydroxylation is 1. The SMILES string of the molecule is CC.CNCc1cccc(OC)c1.Cc1cnc(NC(C)(C)CO)nc1-c1ccc2c(c1)C(=O)N(CC=O)C2. The van der Waals surface area contributed by atoms with E-state index in [9.17, 15) is 14.7 Å². The Kier molecular flexibility index (Phi) is 12.0. The van der Waals surface area contributed by atoms with Crippen LogP contribution in [0.25, 0.3) is 11.3 Å². The van der Waals surface area contributed by atoms with Crippen LogP contribution in [-0.4, -0.2) is 65.0 Å². The van der Waals surface area contributed by atoms with Crippen molar-refractivity contribution in [3.63, 3.8) is 0 Å². The number of carbonyl (C=O) groups is 2. The van der Waals surface area contributed by atoms with Gasteiger partial charge in [0.1, 0.15) is 12.0 Å². The fourth-order valence-corrected chi connectivity index (χ4v) is 3.87. The summed E-state index contributed by atoms with van der Waals surface area (Å²) in [6, 6.07) is 13.7. The van der Waals surface area contributed by atoms with Gasteiger partial charge in [0, 0.05) is 30.4 Å². The maximum absolute atomic E-state index is 12.4. The maximum Gasteiger partial charge on any atom is 0.254 e. The summed E-state index contributed by atoms with van der Waals surface area (Å²) in [7, 11) is 3.61. The molecule has 0 unspecified atom stereocenters. The van der Waals surface area contributed by atoms with Gasteiger partial charge < -0.3 is 30.2 Å². The van der Waals surface area contributed by atoms with E-state index in [1.165, 1.54) is 10.5 Å². The van der Waals surface area contributed by atoms with Crippen LogP contribution in [0.5, 0.6) is 5.75 Å². The van der Waals surface area contributed by atoms with Crippen molar-refractivity contribution in [1.29, 1.82) is 0 Å². The minimum absolute atomic E-state index is 0.0561. The molecule has 3 aromatic rings. The summed E-state index contributed by atoms with van der Waals surface area (Å²) >= 11 is 0. The monoisotopic (exact) mass is 535 g/mol. The number of anilines is 1. The minimum Gasteiger partial charge on any atom is -0.497 e. The van der Waals surface area contributed by atoms with E-state index >= 15 is 0 Å². The lowest BCUT2D eigenvalue weighted by Gasteiger charge is -2.23. The summed E-state index contributed by atoms with van der Waals surface area (Å²) in [4.78, 5) is 33.5. The highest BCUT2D eigenvalue weighted by Gasteiger charge is 2.27. The van der Waals surface area contributed by atoms with Gasteiger partial charge in [-0.05, 0) is 62.7 Å². The quantitative estimate of drug-likeness (QED) is 0.349. The first kappa shape index (κ1) is 31.4. The summed E-state index contributed by atoms with van der Waals surface area (Å²) in [6.45, 7) is 11.0. The molecule has 0 fully saturated rings. The van der Waals surface area contributed by atoms with Gasteiger partial charge in [-0.3, -0.25) is 4.79 Å². The summed E-state index contributed by atoms with van der Waals surface area (Å²) in [5.74, 6) is 1.19. The molecule has 0 spiro atoms. The topological polar surface area (TPSA) is 117 Å². The third kappa shape index (κ3) is 8.59. The molecule has 0 saturated carbocycles. The van der Waals surface area contributed by atoms with Crippen LogP contribution < -0.4 is 15.4 Å². The van der Waals surface area contributed by atoms with Crippen LogP contribution in [0.4, 0.5) is 5.95 Å². The lowest BCUT2D eigenvalue weighted by Crippen LogP contribution is -2.35. The number of ether oxygens (including phenoxy) is 1. The second-order valence-electron chi connectivity index (χ2n) is 9.50. The van der Waals surface area contributed by atoms with E-state index in [2.05, 4.69) is 26.7 Å². The number of amides is 1. The van der Waals surface area contributed by atoms with Gasteiger partial charge in [-0.1, -0.05) is 38.1 Å². The predicted octanol–water partition coefficient (Wildman–Crippen LogP) is 4.23. The normalized spacial score (nSPS) is 12.0. The molecule has 0 bridgehead atoms. The van der Waals surface area contributed by atoms with Gasteiger partial charge in [0.2, 0.25) is 5.95 Å². The third-order valence-electron chi connectivity index (χ3n) is 5.89. The van der Waals surface area contributed by atoms with Crippen molar-refractivity contribution in [2.75, 3.05) is 32.6 Å². The Balaban J connectivity index is 0.000000343. The zero-order valence-electron chi connectivity index (χ0n) is 24.0. The highest BCUT2D eigenvalue weighted by Crippen LogP contribution is 2.29. The Labute approximate surface area is 231 Å². The molecule has 0 atom stereocenters. The Bertz CT molecular complexity index is 1250. The van der Waals surface area contributed by atoms with Gasteiger partial charge in [-0.2, -0.15) is 0 Å². The maximum atomic E-state index is 12.4. The fourth-order valence-electron chi connectivity index (χ4n) is 3.87. The highest BCUT2D eigenvalue weighted by molar-refractivity contribution is 6.00. The molecule has 2 aromatic carbocycles. The number of aliphatic hydroxyl groups is 1. The first-order chi connectivity index (χ1) is 18.7. The summed E-state index contributed by atoms with van der Waals surface area (Å²) < 4.78 is 5.07. The van der Waals surface area contributed by atoms with Crippen LogP contribution in [-0.2, 0) is 17.9 Å². The molecule has 1 aliphatic heterocycles. The number of rotatable bonds is 9. The first-order valence-electron chi connectivity index (χ1n) is 13.1. The molecule has 1 amide bonds. The van der Waals surface area contributed by atoms with Crippen molar-refractivity contribution in [1.82, 2.24) is 20.2 Å². The number of nitrogens with zero attached hydrogens (tertiary/aromatic N) is 3. The number of methoxy groups -OCH3 is 1. The van der Waals surface area contributed by atoms with E-state index in [1.807, 2.05) is 78.1 Å². The average Bonchev–Trinajstić information content (AvgIpc) is 3.26. The number of hydrogen-bond donors (Lipinski definition) is 3. The molecular weight excluding hydrogens is 494 g/mol. The van der Waals surface area contributed by atoms with Gasteiger partial charge >= 0.3 is 0 Å². The highest BCUT2D eigenvalue weighted by atomic mass is 16.5. The van der Waals surface area contributed by atoms with Gasteiger partial charge in [-0.15, -0.1) is 0 Å². The van der Waals surface area contributed by atoms with Crippen LogP contribution in [0, 0.1) is 6.92 Å². The third-order valence-corrected chi connectivity index (χ3v) is 5.89. The lowest BCUT2D eigenvalue weighted by atomic mass is 10.0. The van der Waals surface area contributed by atoms with Crippen LogP contribution in [0.15, 0.2) is 48.7 Å². The molecule has 9 nitrogen and oxygen atoms in total. The summed E-state index contributed by atoms with van der Waals surface area (Å²) in [5.41, 5.74) is 4.63. The number of nitrogens with one attached hydrogen (secondary N) is 2. The Morgan fingerprint density at radius 1 is 1.18 bits per heavy atom. The number of hydrogen-bond acceptors (Lipinski definition) is 8. The molecule has 1 aliphatic rings. The van der Waals surface area contributed by atoms with Gasteiger partial charge in [0.05, 0.1) is 31.5 Å². The predicted molar refractivity (Wildman–Crippen MR) is 155 cm³/mol. The Morgan fingerprint density at radius 2 is 1.92 bits per heavy atom. The second kappa shape index (κ2) is 14.9. The van der Waals surface area contributed by atoms with E-state index in [-0.39, 0.29) is 19.1 Å². The molecule has 0 saturated heterocycles. The van der Waals surface area contributed by atoms with E-state index in [0.717, 1.165) is 41.0 Å². The van der Waals surface area contributed by atoms with E-state index in [0.29, 0.717) is 18.1 Å². The van der Waals surface area contributed by atoms with Crippen molar-refractivity contribution in [2.24, 2.45) is 0 Å². The van der Waals surface area contributed by atoms with Crippen LogP contribution in [0.1, 0.15) is 54.7 Å². The van der Waals surface area contributed by atoms with Crippen LogP contribution in [0.3, 0.4) is 0 Å². The fraction of sp³-hybridized carbons (Fsp3) is 0.400. The number of carbonyl (C=O) groups excluding carboxylic acids is 2. The number of aliphatic hydroxyl groups excluding tert-OH is 1. The molecule has 39 heavy (non-hydrogen) atoms. The van der Waals surface area contributed by atoms with Crippen molar-refractivity contribution < 1.29 is 19.4 Å². The van der Waals surface area contributed by atoms with Crippen LogP contribution >= 0.6 is 0 Å². The molecular formula is C30H41N5O4. The van der Waals surface area contributed by atoms with Crippen LogP contribution in [0.2, 0.25) is 0 Å². The molecule has 1 aromatic heterocycles. The van der Waals surface area contributed by atoms with E-state index in [4.69, 9.17) is 4.74 Å². The Hall–Kier alpha value is -3.82. The molecule has 3 N–H and O–H groups in total. The second-order valence-corrected chi connectivity index (χ2v) is 9.50. The Morgan fingerprint density at radius 3 is 2.56 bits per heavy atom. The molecule has 2 heterocycles. The number of aromatic nitrogens is 2.